The summed E-state index contributed by atoms with van der Waals surface area (Å²) < 4.78 is 0. The van der Waals surface area contributed by atoms with Gasteiger partial charge in [-0.2, -0.15) is 11.8 Å². The molecule has 1 aromatic carbocycles. The number of para-hydroxylation sites is 1. The summed E-state index contributed by atoms with van der Waals surface area (Å²) >= 11 is 1.72. The van der Waals surface area contributed by atoms with Gasteiger partial charge in [-0.05, 0) is 37.5 Å². The third kappa shape index (κ3) is 5.69. The van der Waals surface area contributed by atoms with Gasteiger partial charge in [-0.15, -0.1) is 0 Å². The van der Waals surface area contributed by atoms with Crippen LogP contribution in [0.5, 0.6) is 0 Å². The number of rotatable bonds is 8. The van der Waals surface area contributed by atoms with E-state index in [1.54, 1.807) is 11.8 Å². The van der Waals surface area contributed by atoms with Crippen LogP contribution >= 0.6 is 11.8 Å². The molecule has 0 aromatic heterocycles. The van der Waals surface area contributed by atoms with Crippen LogP contribution in [0.4, 0.5) is 5.69 Å². The number of hydrogen-bond acceptors (Lipinski definition) is 5. The number of thioether (sulfide) groups is 1. The lowest BCUT2D eigenvalue weighted by Gasteiger charge is -2.39. The van der Waals surface area contributed by atoms with Gasteiger partial charge in [0.2, 0.25) is 5.91 Å². The van der Waals surface area contributed by atoms with Crippen molar-refractivity contribution in [2.45, 2.75) is 25.4 Å². The predicted molar refractivity (Wildman–Crippen MR) is 104 cm³/mol. The van der Waals surface area contributed by atoms with Crippen LogP contribution < -0.4 is 16.0 Å². The molecule has 0 saturated carbocycles. The molecule has 1 heterocycles. The zero-order valence-corrected chi connectivity index (χ0v) is 15.6. The number of benzene rings is 1. The predicted octanol–water partition coefficient (Wildman–Crippen LogP) is 1.39. The Labute approximate surface area is 149 Å². The number of nitrogens with two attached hydrogens (primary N) is 1. The molecule has 2 rings (SSSR count). The molecule has 0 bridgehead atoms. The van der Waals surface area contributed by atoms with Gasteiger partial charge in [-0.3, -0.25) is 9.69 Å². The number of carbonyl (C=O) groups is 1. The van der Waals surface area contributed by atoms with Crippen molar-refractivity contribution in [1.29, 1.82) is 0 Å². The maximum atomic E-state index is 12.0. The second kappa shape index (κ2) is 9.91. The molecule has 0 aliphatic carbocycles. The average Bonchev–Trinajstić information content (AvgIpc) is 2.64. The Morgan fingerprint density at radius 1 is 1.25 bits per heavy atom. The highest BCUT2D eigenvalue weighted by atomic mass is 32.2. The van der Waals surface area contributed by atoms with Crippen molar-refractivity contribution >= 4 is 23.4 Å². The second-order valence-electron chi connectivity index (χ2n) is 6.34. The highest BCUT2D eigenvalue weighted by Crippen LogP contribution is 2.16. The number of amides is 1. The Bertz CT molecular complexity index is 491. The van der Waals surface area contributed by atoms with Crippen LogP contribution in [0.15, 0.2) is 30.3 Å². The number of piperazine rings is 1. The largest absolute Gasteiger partial charge is 0.369 e. The van der Waals surface area contributed by atoms with Crippen molar-refractivity contribution in [3.63, 3.8) is 0 Å². The number of nitrogens with one attached hydrogen (secondary N) is 1. The molecular weight excluding hydrogens is 320 g/mol. The van der Waals surface area contributed by atoms with E-state index in [2.05, 4.69) is 52.4 Å². The molecular formula is C18H30N4OS. The summed E-state index contributed by atoms with van der Waals surface area (Å²) in [4.78, 5) is 16.9. The maximum absolute atomic E-state index is 12.0. The minimum Gasteiger partial charge on any atom is -0.369 e. The molecule has 2 atom stereocenters. The van der Waals surface area contributed by atoms with Gasteiger partial charge in [0, 0.05) is 44.5 Å². The molecule has 1 saturated heterocycles. The first-order valence-corrected chi connectivity index (χ1v) is 10.1. The third-order valence-electron chi connectivity index (χ3n) is 4.60. The molecule has 6 heteroatoms. The van der Waals surface area contributed by atoms with Crippen molar-refractivity contribution in [3.8, 4) is 0 Å². The smallest absolute Gasteiger partial charge is 0.237 e. The van der Waals surface area contributed by atoms with E-state index in [1.807, 2.05) is 6.26 Å². The van der Waals surface area contributed by atoms with E-state index in [1.165, 1.54) is 5.69 Å². The third-order valence-corrected chi connectivity index (χ3v) is 5.24. The highest BCUT2D eigenvalue weighted by Gasteiger charge is 2.22. The van der Waals surface area contributed by atoms with E-state index in [0.717, 1.165) is 38.4 Å². The quantitative estimate of drug-likeness (QED) is 0.742. The SMILES string of the molecule is CSCCC(N)C(=O)NCC(C)N1CCN(c2ccccc2)CC1. The van der Waals surface area contributed by atoms with Crippen molar-refractivity contribution in [2.24, 2.45) is 5.73 Å². The Morgan fingerprint density at radius 2 is 1.92 bits per heavy atom. The van der Waals surface area contributed by atoms with Crippen LogP contribution in [-0.4, -0.2) is 67.6 Å². The van der Waals surface area contributed by atoms with Gasteiger partial charge in [0.25, 0.3) is 0 Å². The molecule has 24 heavy (non-hydrogen) atoms. The Kier molecular flexibility index (Phi) is 7.88. The first-order chi connectivity index (χ1) is 11.6. The van der Waals surface area contributed by atoms with Crippen LogP contribution in [-0.2, 0) is 4.79 Å². The van der Waals surface area contributed by atoms with Crippen LogP contribution in [0.1, 0.15) is 13.3 Å². The molecule has 1 fully saturated rings. The van der Waals surface area contributed by atoms with Crippen molar-refractivity contribution < 1.29 is 4.79 Å². The van der Waals surface area contributed by atoms with E-state index >= 15 is 0 Å². The van der Waals surface area contributed by atoms with Crippen LogP contribution in [0.25, 0.3) is 0 Å². The number of carbonyl (C=O) groups excluding carboxylic acids is 1. The topological polar surface area (TPSA) is 61.6 Å². The highest BCUT2D eigenvalue weighted by molar-refractivity contribution is 7.98. The zero-order valence-electron chi connectivity index (χ0n) is 14.8. The van der Waals surface area contributed by atoms with Gasteiger partial charge < -0.3 is 16.0 Å². The standard InChI is InChI=1S/C18H30N4OS/c1-15(14-20-18(23)17(19)8-13-24-2)21-9-11-22(12-10-21)16-6-4-3-5-7-16/h3-7,15,17H,8-14,19H2,1-2H3,(H,20,23). The second-order valence-corrected chi connectivity index (χ2v) is 7.33. The lowest BCUT2D eigenvalue weighted by Crippen LogP contribution is -2.53. The molecule has 1 amide bonds. The van der Waals surface area contributed by atoms with E-state index < -0.39 is 0 Å². The van der Waals surface area contributed by atoms with Crippen LogP contribution in [0.3, 0.4) is 0 Å². The van der Waals surface area contributed by atoms with E-state index in [-0.39, 0.29) is 11.9 Å². The molecule has 3 N–H and O–H groups in total. The molecule has 2 unspecified atom stereocenters. The van der Waals surface area contributed by atoms with E-state index in [4.69, 9.17) is 5.73 Å². The summed E-state index contributed by atoms with van der Waals surface area (Å²) in [6.07, 6.45) is 2.76. The zero-order chi connectivity index (χ0) is 17.4. The average molecular weight is 351 g/mol. The van der Waals surface area contributed by atoms with Gasteiger partial charge >= 0.3 is 0 Å². The van der Waals surface area contributed by atoms with Crippen molar-refractivity contribution in [2.75, 3.05) is 49.6 Å². The monoisotopic (exact) mass is 350 g/mol. The van der Waals surface area contributed by atoms with Crippen molar-refractivity contribution in [3.05, 3.63) is 30.3 Å². The molecule has 5 nitrogen and oxygen atoms in total. The Balaban J connectivity index is 1.71. The maximum Gasteiger partial charge on any atom is 0.237 e. The summed E-state index contributed by atoms with van der Waals surface area (Å²) in [5, 5.41) is 3.00. The minimum atomic E-state index is -0.389. The fraction of sp³-hybridized carbons (Fsp3) is 0.611. The molecule has 0 radical (unpaired) electrons. The summed E-state index contributed by atoms with van der Waals surface area (Å²) in [6.45, 7) is 6.92. The first-order valence-electron chi connectivity index (χ1n) is 8.68. The Morgan fingerprint density at radius 3 is 2.54 bits per heavy atom. The van der Waals surface area contributed by atoms with Crippen molar-refractivity contribution in [1.82, 2.24) is 10.2 Å². The molecule has 1 aliphatic heterocycles. The number of anilines is 1. The lowest BCUT2D eigenvalue weighted by atomic mass is 10.2. The summed E-state index contributed by atoms with van der Waals surface area (Å²) in [7, 11) is 0. The Hall–Kier alpha value is -1.24. The number of nitrogens with zero attached hydrogens (tertiary/aromatic N) is 2. The molecule has 1 aromatic rings. The van der Waals surface area contributed by atoms with Gasteiger partial charge in [-0.25, -0.2) is 0 Å². The summed E-state index contributed by atoms with van der Waals surface area (Å²) in [6, 6.07) is 10.5. The fourth-order valence-electron chi connectivity index (χ4n) is 2.94. The molecule has 0 spiro atoms. The number of hydrogen-bond donors (Lipinski definition) is 2. The molecule has 134 valence electrons. The lowest BCUT2D eigenvalue weighted by molar-refractivity contribution is -0.122. The van der Waals surface area contributed by atoms with E-state index in [0.29, 0.717) is 12.6 Å². The normalized spacial score (nSPS) is 18.2. The van der Waals surface area contributed by atoms with E-state index in [9.17, 15) is 4.79 Å². The van der Waals surface area contributed by atoms with Gasteiger partial charge in [-0.1, -0.05) is 18.2 Å². The minimum absolute atomic E-state index is 0.0289. The van der Waals surface area contributed by atoms with Gasteiger partial charge in [0.05, 0.1) is 6.04 Å². The van der Waals surface area contributed by atoms with Gasteiger partial charge in [0.1, 0.15) is 0 Å². The fourth-order valence-corrected chi connectivity index (χ4v) is 3.43. The van der Waals surface area contributed by atoms with Crippen LogP contribution in [0.2, 0.25) is 0 Å². The molecule has 1 aliphatic rings. The van der Waals surface area contributed by atoms with Gasteiger partial charge in [0.15, 0.2) is 0 Å². The summed E-state index contributed by atoms with van der Waals surface area (Å²) in [5.41, 5.74) is 7.19. The van der Waals surface area contributed by atoms with Crippen LogP contribution in [0, 0.1) is 0 Å². The first kappa shape index (κ1) is 19.1. The summed E-state index contributed by atoms with van der Waals surface area (Å²) in [5.74, 6) is 0.893.